The molecular weight excluding hydrogens is 186 g/mol. The van der Waals surface area contributed by atoms with E-state index in [1.54, 1.807) is 13.8 Å². The number of hydrogen-bond acceptors (Lipinski definition) is 1. The molecule has 0 aromatic heterocycles. The van der Waals surface area contributed by atoms with E-state index in [0.717, 1.165) is 6.07 Å². The highest BCUT2D eigenvalue weighted by atomic mass is 19.2. The van der Waals surface area contributed by atoms with Crippen molar-refractivity contribution in [2.45, 2.75) is 32.6 Å². The lowest BCUT2D eigenvalue weighted by atomic mass is 9.81. The first-order valence-electron chi connectivity index (χ1n) is 4.57. The highest BCUT2D eigenvalue weighted by Gasteiger charge is 2.27. The number of phenolic OH excluding ortho intramolecular Hbond substituents is 1. The lowest BCUT2D eigenvalue weighted by Crippen LogP contribution is -2.18. The molecule has 0 atom stereocenters. The highest BCUT2D eigenvalue weighted by molar-refractivity contribution is 5.39. The van der Waals surface area contributed by atoms with Crippen LogP contribution in [0.1, 0.15) is 32.8 Å². The first kappa shape index (κ1) is 11.0. The molecule has 0 unspecified atom stereocenters. The third kappa shape index (κ3) is 1.72. The molecule has 0 spiro atoms. The molecule has 1 aromatic rings. The van der Waals surface area contributed by atoms with E-state index in [1.165, 1.54) is 6.07 Å². The maximum atomic E-state index is 13.4. The second kappa shape index (κ2) is 3.56. The highest BCUT2D eigenvalue weighted by Crippen LogP contribution is 2.36. The van der Waals surface area contributed by atoms with Crippen LogP contribution in [0.5, 0.6) is 5.75 Å². The quantitative estimate of drug-likeness (QED) is 0.776. The molecule has 1 rings (SSSR count). The topological polar surface area (TPSA) is 20.2 Å². The van der Waals surface area contributed by atoms with Gasteiger partial charge < -0.3 is 5.11 Å². The summed E-state index contributed by atoms with van der Waals surface area (Å²) in [6.45, 7) is 5.40. The van der Waals surface area contributed by atoms with Crippen LogP contribution < -0.4 is 0 Å². The Labute approximate surface area is 82.4 Å². The van der Waals surface area contributed by atoms with Crippen molar-refractivity contribution in [1.82, 2.24) is 0 Å². The summed E-state index contributed by atoms with van der Waals surface area (Å²) in [5, 5.41) is 9.48. The van der Waals surface area contributed by atoms with Gasteiger partial charge in [-0.2, -0.15) is 0 Å². The van der Waals surface area contributed by atoms with Gasteiger partial charge in [0.2, 0.25) is 0 Å². The molecule has 0 radical (unpaired) electrons. The molecule has 0 heterocycles. The first-order valence-corrected chi connectivity index (χ1v) is 4.57. The van der Waals surface area contributed by atoms with Crippen LogP contribution in [0.15, 0.2) is 12.1 Å². The Bertz CT molecular complexity index is 345. The Morgan fingerprint density at radius 2 is 1.86 bits per heavy atom. The summed E-state index contributed by atoms with van der Waals surface area (Å²) in [5.41, 5.74) is -0.504. The SMILES string of the molecule is CCC(C)(C)c1c(O)ccc(F)c1F. The van der Waals surface area contributed by atoms with Crippen molar-refractivity contribution in [3.8, 4) is 5.75 Å². The summed E-state index contributed by atoms with van der Waals surface area (Å²) in [4.78, 5) is 0. The van der Waals surface area contributed by atoms with Crippen LogP contribution >= 0.6 is 0 Å². The molecule has 78 valence electrons. The van der Waals surface area contributed by atoms with Gasteiger partial charge in [-0.1, -0.05) is 20.8 Å². The van der Waals surface area contributed by atoms with E-state index < -0.39 is 17.0 Å². The van der Waals surface area contributed by atoms with E-state index in [-0.39, 0.29) is 11.3 Å². The molecule has 0 bridgehead atoms. The van der Waals surface area contributed by atoms with Crippen LogP contribution in [0, 0.1) is 11.6 Å². The van der Waals surface area contributed by atoms with Crippen molar-refractivity contribution in [3.63, 3.8) is 0 Å². The fourth-order valence-corrected chi connectivity index (χ4v) is 1.36. The lowest BCUT2D eigenvalue weighted by Gasteiger charge is -2.24. The van der Waals surface area contributed by atoms with Gasteiger partial charge in [-0.3, -0.25) is 0 Å². The summed E-state index contributed by atoms with van der Waals surface area (Å²) in [5.74, 6) is -2.05. The van der Waals surface area contributed by atoms with E-state index in [0.29, 0.717) is 6.42 Å². The first-order chi connectivity index (χ1) is 6.40. The Hall–Kier alpha value is -1.12. The van der Waals surface area contributed by atoms with Gasteiger partial charge in [0.05, 0.1) is 0 Å². The zero-order valence-electron chi connectivity index (χ0n) is 8.56. The fourth-order valence-electron chi connectivity index (χ4n) is 1.36. The van der Waals surface area contributed by atoms with Crippen molar-refractivity contribution in [2.24, 2.45) is 0 Å². The molecule has 3 heteroatoms. The summed E-state index contributed by atoms with van der Waals surface area (Å²) in [7, 11) is 0. The van der Waals surface area contributed by atoms with Crippen LogP contribution in [0.25, 0.3) is 0 Å². The minimum absolute atomic E-state index is 0.0556. The van der Waals surface area contributed by atoms with E-state index in [1.807, 2.05) is 6.92 Å². The third-order valence-electron chi connectivity index (χ3n) is 2.63. The van der Waals surface area contributed by atoms with Crippen molar-refractivity contribution in [2.75, 3.05) is 0 Å². The molecule has 1 nitrogen and oxygen atoms in total. The molecule has 0 amide bonds. The predicted octanol–water partition coefficient (Wildman–Crippen LogP) is 3.36. The maximum Gasteiger partial charge on any atom is 0.166 e. The smallest absolute Gasteiger partial charge is 0.166 e. The van der Waals surface area contributed by atoms with E-state index in [4.69, 9.17) is 0 Å². The standard InChI is InChI=1S/C11H14F2O/c1-4-11(2,3)9-8(14)6-5-7(12)10(9)13/h5-6,14H,4H2,1-3H3. The molecule has 14 heavy (non-hydrogen) atoms. The normalized spacial score (nSPS) is 11.8. The van der Waals surface area contributed by atoms with Gasteiger partial charge in [0, 0.05) is 5.56 Å². The molecule has 0 fully saturated rings. The third-order valence-corrected chi connectivity index (χ3v) is 2.63. The molecule has 0 aliphatic carbocycles. The molecule has 0 aliphatic rings. The zero-order valence-corrected chi connectivity index (χ0v) is 8.56. The monoisotopic (exact) mass is 200 g/mol. The van der Waals surface area contributed by atoms with Gasteiger partial charge in [0.1, 0.15) is 5.75 Å². The Balaban J connectivity index is 3.40. The predicted molar refractivity (Wildman–Crippen MR) is 51.3 cm³/mol. The summed E-state index contributed by atoms with van der Waals surface area (Å²) in [6, 6.07) is 2.12. The molecule has 0 saturated heterocycles. The molecule has 0 saturated carbocycles. The Morgan fingerprint density at radius 1 is 1.29 bits per heavy atom. The van der Waals surface area contributed by atoms with Crippen molar-refractivity contribution < 1.29 is 13.9 Å². The molecule has 0 aliphatic heterocycles. The average Bonchev–Trinajstić information content (AvgIpc) is 2.12. The maximum absolute atomic E-state index is 13.4. The van der Waals surface area contributed by atoms with Gasteiger partial charge in [0.15, 0.2) is 11.6 Å². The van der Waals surface area contributed by atoms with Gasteiger partial charge in [-0.05, 0) is 24.0 Å². The van der Waals surface area contributed by atoms with Crippen molar-refractivity contribution >= 4 is 0 Å². The van der Waals surface area contributed by atoms with Gasteiger partial charge >= 0.3 is 0 Å². The number of hydrogen-bond donors (Lipinski definition) is 1. The number of benzene rings is 1. The minimum atomic E-state index is -0.947. The van der Waals surface area contributed by atoms with Crippen molar-refractivity contribution in [3.05, 3.63) is 29.3 Å². The van der Waals surface area contributed by atoms with E-state index in [9.17, 15) is 13.9 Å². The Kier molecular flexibility index (Phi) is 2.79. The van der Waals surface area contributed by atoms with Crippen LogP contribution in [0.2, 0.25) is 0 Å². The Morgan fingerprint density at radius 3 is 2.36 bits per heavy atom. The molecule has 1 N–H and O–H groups in total. The summed E-state index contributed by atoms with van der Waals surface area (Å²) < 4.78 is 26.3. The lowest BCUT2D eigenvalue weighted by molar-refractivity contribution is 0.392. The average molecular weight is 200 g/mol. The largest absolute Gasteiger partial charge is 0.508 e. The fraction of sp³-hybridized carbons (Fsp3) is 0.455. The number of rotatable bonds is 2. The van der Waals surface area contributed by atoms with Crippen LogP contribution in [-0.4, -0.2) is 5.11 Å². The number of aromatic hydroxyl groups is 1. The van der Waals surface area contributed by atoms with Gasteiger partial charge in [-0.25, -0.2) is 8.78 Å². The van der Waals surface area contributed by atoms with E-state index in [2.05, 4.69) is 0 Å². The summed E-state index contributed by atoms with van der Waals surface area (Å²) >= 11 is 0. The van der Waals surface area contributed by atoms with Gasteiger partial charge in [0.25, 0.3) is 0 Å². The second-order valence-electron chi connectivity index (χ2n) is 3.99. The van der Waals surface area contributed by atoms with Gasteiger partial charge in [-0.15, -0.1) is 0 Å². The van der Waals surface area contributed by atoms with Crippen LogP contribution in [0.4, 0.5) is 8.78 Å². The molecule has 1 aromatic carbocycles. The van der Waals surface area contributed by atoms with Crippen LogP contribution in [-0.2, 0) is 5.41 Å². The summed E-state index contributed by atoms with van der Waals surface area (Å²) in [6.07, 6.45) is 0.626. The molecular formula is C11H14F2O. The van der Waals surface area contributed by atoms with Crippen molar-refractivity contribution in [1.29, 1.82) is 0 Å². The second-order valence-corrected chi connectivity index (χ2v) is 3.99. The number of phenols is 1. The number of halogens is 2. The zero-order chi connectivity index (χ0) is 10.9. The van der Waals surface area contributed by atoms with E-state index >= 15 is 0 Å². The minimum Gasteiger partial charge on any atom is -0.508 e. The van der Waals surface area contributed by atoms with Crippen LogP contribution in [0.3, 0.4) is 0 Å².